The molecule has 0 spiro atoms. The average molecular weight is 466 g/mol. The van der Waals surface area contributed by atoms with E-state index in [1.54, 1.807) is 31.2 Å². The Labute approximate surface area is 184 Å². The first-order valence-electron chi connectivity index (χ1n) is 9.55. The van der Waals surface area contributed by atoms with Crippen LogP contribution in [0.2, 0.25) is 0 Å². The van der Waals surface area contributed by atoms with E-state index < -0.39 is 23.3 Å². The second kappa shape index (κ2) is 11.5. The molecule has 0 saturated carbocycles. The van der Waals surface area contributed by atoms with Crippen LogP contribution < -0.4 is 15.1 Å². The lowest BCUT2D eigenvalue weighted by atomic mass is 10.2. The molecule has 0 heterocycles. The number of amides is 1. The third-order valence-corrected chi connectivity index (χ3v) is 7.22. The predicted octanol–water partition coefficient (Wildman–Crippen LogP) is 4.23. The number of nitrogens with zero attached hydrogens (tertiary/aromatic N) is 1. The summed E-state index contributed by atoms with van der Waals surface area (Å²) in [6, 6.07) is 12.8. The summed E-state index contributed by atoms with van der Waals surface area (Å²) >= 11 is 5.68. The summed E-state index contributed by atoms with van der Waals surface area (Å²) in [5, 5.41) is 23.1. The standard InChI is InChI=1S/C20H23N2O7PS/c1-2-28-30(31,16-8-4-3-5-9-16)29-18-13-12-15(22(26)27)14-17(18)21-19(23)10-6-7-11-20(24)25/h3-5,8-9,12-14H,2,6-7,10-11H2,1H3,(H,21,23)(H,24,25). The Bertz CT molecular complexity index is 985. The number of rotatable bonds is 12. The number of hydrogen-bond acceptors (Lipinski definition) is 7. The summed E-state index contributed by atoms with van der Waals surface area (Å²) in [5.74, 6) is -1.19. The van der Waals surface area contributed by atoms with Crippen LogP contribution in [0.1, 0.15) is 32.6 Å². The highest BCUT2D eigenvalue weighted by atomic mass is 32.5. The van der Waals surface area contributed by atoms with Crippen molar-refractivity contribution in [1.82, 2.24) is 0 Å². The van der Waals surface area contributed by atoms with Gasteiger partial charge < -0.3 is 19.5 Å². The van der Waals surface area contributed by atoms with Crippen molar-refractivity contribution >= 4 is 46.9 Å². The normalized spacial score (nSPS) is 12.5. The molecule has 0 bridgehead atoms. The molecule has 0 saturated heterocycles. The van der Waals surface area contributed by atoms with Gasteiger partial charge in [-0.3, -0.25) is 19.7 Å². The number of anilines is 1. The van der Waals surface area contributed by atoms with Crippen LogP contribution in [0.5, 0.6) is 5.75 Å². The number of carbonyl (C=O) groups is 2. The first-order valence-corrected chi connectivity index (χ1v) is 12.2. The Morgan fingerprint density at radius 1 is 1.16 bits per heavy atom. The predicted molar refractivity (Wildman–Crippen MR) is 120 cm³/mol. The van der Waals surface area contributed by atoms with Gasteiger partial charge in [-0.15, -0.1) is 0 Å². The Morgan fingerprint density at radius 2 is 1.84 bits per heavy atom. The molecule has 9 nitrogen and oxygen atoms in total. The van der Waals surface area contributed by atoms with E-state index in [-0.39, 0.29) is 30.0 Å². The summed E-state index contributed by atoms with van der Waals surface area (Å²) in [5.41, 5.74) is -0.125. The molecule has 0 fully saturated rings. The number of carboxylic acid groups (broad SMARTS) is 1. The van der Waals surface area contributed by atoms with Gasteiger partial charge in [0.25, 0.3) is 12.2 Å². The Morgan fingerprint density at radius 3 is 2.45 bits per heavy atom. The Balaban J connectivity index is 2.27. The Kier molecular flexibility index (Phi) is 9.11. The van der Waals surface area contributed by atoms with Gasteiger partial charge in [-0.25, -0.2) is 0 Å². The first-order chi connectivity index (χ1) is 14.7. The zero-order chi connectivity index (χ0) is 22.9. The van der Waals surface area contributed by atoms with Crippen LogP contribution in [-0.2, 0) is 25.9 Å². The van der Waals surface area contributed by atoms with Crippen LogP contribution in [0.25, 0.3) is 0 Å². The van der Waals surface area contributed by atoms with Crippen molar-refractivity contribution in [1.29, 1.82) is 0 Å². The lowest BCUT2D eigenvalue weighted by Gasteiger charge is -2.24. The molecule has 1 amide bonds. The second-order valence-corrected chi connectivity index (χ2v) is 9.82. The molecule has 2 rings (SSSR count). The van der Waals surface area contributed by atoms with Crippen molar-refractivity contribution in [3.05, 3.63) is 58.6 Å². The molecular formula is C20H23N2O7PS. The number of unbranched alkanes of at least 4 members (excludes halogenated alkanes) is 1. The minimum Gasteiger partial charge on any atom is -0.481 e. The van der Waals surface area contributed by atoms with Crippen LogP contribution in [-0.4, -0.2) is 28.5 Å². The van der Waals surface area contributed by atoms with E-state index in [0.29, 0.717) is 24.8 Å². The van der Waals surface area contributed by atoms with Gasteiger partial charge in [0.15, 0.2) is 5.75 Å². The van der Waals surface area contributed by atoms with Crippen LogP contribution >= 0.6 is 6.49 Å². The summed E-state index contributed by atoms with van der Waals surface area (Å²) in [6.45, 7) is -0.916. The summed E-state index contributed by atoms with van der Waals surface area (Å²) in [7, 11) is 0. The van der Waals surface area contributed by atoms with Crippen molar-refractivity contribution in [2.24, 2.45) is 0 Å². The van der Waals surface area contributed by atoms with E-state index in [9.17, 15) is 19.7 Å². The van der Waals surface area contributed by atoms with Crippen molar-refractivity contribution in [2.75, 3.05) is 11.9 Å². The monoisotopic (exact) mass is 466 g/mol. The summed E-state index contributed by atoms with van der Waals surface area (Å²) < 4.78 is 11.8. The SMILES string of the molecule is CCOP(=S)(Oc1ccc([N+](=O)[O-])cc1NC(=O)CCCCC(=O)O)c1ccccc1. The smallest absolute Gasteiger partial charge is 0.303 e. The number of non-ortho nitro benzene ring substituents is 1. The lowest BCUT2D eigenvalue weighted by molar-refractivity contribution is -0.384. The topological polar surface area (TPSA) is 128 Å². The molecule has 0 aliphatic carbocycles. The fourth-order valence-corrected chi connectivity index (χ4v) is 5.17. The van der Waals surface area contributed by atoms with E-state index >= 15 is 0 Å². The molecular weight excluding hydrogens is 443 g/mol. The minimum atomic E-state index is -2.99. The number of nitrogens with one attached hydrogen (secondary N) is 1. The molecule has 2 aromatic carbocycles. The van der Waals surface area contributed by atoms with E-state index in [0.717, 1.165) is 0 Å². The van der Waals surface area contributed by atoms with E-state index in [4.69, 9.17) is 26.0 Å². The maximum atomic E-state index is 12.3. The fraction of sp³-hybridized carbons (Fsp3) is 0.300. The van der Waals surface area contributed by atoms with Gasteiger partial charge >= 0.3 is 5.97 Å². The maximum Gasteiger partial charge on any atom is 0.303 e. The van der Waals surface area contributed by atoms with Crippen LogP contribution in [0.4, 0.5) is 11.4 Å². The Hall–Kier alpha value is -2.81. The van der Waals surface area contributed by atoms with Crippen molar-refractivity contribution in [3.63, 3.8) is 0 Å². The molecule has 1 unspecified atom stereocenters. The highest BCUT2D eigenvalue weighted by Crippen LogP contribution is 2.49. The molecule has 11 heteroatoms. The van der Waals surface area contributed by atoms with Gasteiger partial charge in [0.05, 0.1) is 17.2 Å². The molecule has 1 atom stereocenters. The second-order valence-electron chi connectivity index (χ2n) is 6.43. The van der Waals surface area contributed by atoms with Crippen LogP contribution in [0.15, 0.2) is 48.5 Å². The molecule has 2 aromatic rings. The number of carboxylic acids is 1. The van der Waals surface area contributed by atoms with Gasteiger partial charge in [-0.05, 0) is 49.8 Å². The number of carbonyl (C=O) groups excluding carboxylic acids is 1. The van der Waals surface area contributed by atoms with Crippen LogP contribution in [0, 0.1) is 10.1 Å². The van der Waals surface area contributed by atoms with Gasteiger partial charge in [0.1, 0.15) is 0 Å². The lowest BCUT2D eigenvalue weighted by Crippen LogP contribution is -2.15. The number of nitro groups is 1. The molecule has 2 N–H and O–H groups in total. The molecule has 31 heavy (non-hydrogen) atoms. The van der Waals surface area contributed by atoms with E-state index in [1.165, 1.54) is 18.2 Å². The van der Waals surface area contributed by atoms with E-state index in [1.807, 2.05) is 6.07 Å². The first kappa shape index (κ1) is 24.5. The largest absolute Gasteiger partial charge is 0.481 e. The maximum absolute atomic E-state index is 12.3. The third kappa shape index (κ3) is 7.43. The van der Waals surface area contributed by atoms with E-state index in [2.05, 4.69) is 5.32 Å². The fourth-order valence-electron chi connectivity index (χ4n) is 2.65. The van der Waals surface area contributed by atoms with Crippen molar-refractivity contribution in [2.45, 2.75) is 32.6 Å². The van der Waals surface area contributed by atoms with Gasteiger partial charge in [-0.2, -0.15) is 0 Å². The highest BCUT2D eigenvalue weighted by Gasteiger charge is 2.26. The highest BCUT2D eigenvalue weighted by molar-refractivity contribution is 8.13. The van der Waals surface area contributed by atoms with Gasteiger partial charge in [-0.1, -0.05) is 18.2 Å². The van der Waals surface area contributed by atoms with Crippen molar-refractivity contribution in [3.8, 4) is 5.75 Å². The summed E-state index contributed by atoms with van der Waals surface area (Å²) in [4.78, 5) is 33.5. The average Bonchev–Trinajstić information content (AvgIpc) is 2.73. The molecule has 0 aliphatic heterocycles. The summed E-state index contributed by atoms with van der Waals surface area (Å²) in [6.07, 6.45) is 0.741. The van der Waals surface area contributed by atoms with Gasteiger partial charge in [0, 0.05) is 30.3 Å². The van der Waals surface area contributed by atoms with Crippen LogP contribution in [0.3, 0.4) is 0 Å². The zero-order valence-electron chi connectivity index (χ0n) is 16.9. The molecule has 166 valence electrons. The molecule has 0 radical (unpaired) electrons. The number of hydrogen-bond donors (Lipinski definition) is 2. The number of aliphatic carboxylic acids is 1. The number of benzene rings is 2. The third-order valence-electron chi connectivity index (χ3n) is 4.08. The molecule has 0 aliphatic rings. The molecule has 0 aromatic heterocycles. The van der Waals surface area contributed by atoms with Crippen molar-refractivity contribution < 1.29 is 28.7 Å². The number of nitro benzene ring substituents is 1. The van der Waals surface area contributed by atoms with Gasteiger partial charge in [0.2, 0.25) is 5.91 Å². The quantitative estimate of drug-likeness (QED) is 0.206. The zero-order valence-corrected chi connectivity index (χ0v) is 18.6. The minimum absolute atomic E-state index is 0.0349.